The van der Waals surface area contributed by atoms with Crippen LogP contribution in [0.4, 0.5) is 5.82 Å². The van der Waals surface area contributed by atoms with Crippen LogP contribution in [0.2, 0.25) is 0 Å². The van der Waals surface area contributed by atoms with Crippen LogP contribution in [0.15, 0.2) is 12.1 Å². The van der Waals surface area contributed by atoms with Crippen molar-refractivity contribution in [3.63, 3.8) is 0 Å². The van der Waals surface area contributed by atoms with E-state index in [1.807, 2.05) is 24.8 Å². The van der Waals surface area contributed by atoms with Crippen LogP contribution in [0.1, 0.15) is 50.0 Å². The van der Waals surface area contributed by atoms with E-state index in [1.54, 1.807) is 6.07 Å². The highest BCUT2D eigenvalue weighted by molar-refractivity contribution is 5.92. The van der Waals surface area contributed by atoms with Gasteiger partial charge in [0.2, 0.25) is 0 Å². The van der Waals surface area contributed by atoms with Crippen LogP contribution in [0, 0.1) is 0 Å². The normalized spacial score (nSPS) is 16.3. The van der Waals surface area contributed by atoms with Crippen molar-refractivity contribution in [2.75, 3.05) is 18.4 Å². The van der Waals surface area contributed by atoms with Crippen molar-refractivity contribution in [2.24, 2.45) is 0 Å². The maximum Gasteiger partial charge on any atom is 0.274 e. The summed E-state index contributed by atoms with van der Waals surface area (Å²) in [6, 6.07) is 3.88. The first-order valence-electron chi connectivity index (χ1n) is 7.06. The smallest absolute Gasteiger partial charge is 0.274 e. The number of nitrogens with one attached hydrogen (secondary N) is 1. The molecular formula is C14H22N4O. The van der Waals surface area contributed by atoms with Gasteiger partial charge in [0.1, 0.15) is 5.82 Å². The van der Waals surface area contributed by atoms with Crippen LogP contribution < -0.4 is 5.32 Å². The summed E-state index contributed by atoms with van der Waals surface area (Å²) in [5.74, 6) is 0.716. The maximum absolute atomic E-state index is 12.3. The fraction of sp³-hybridized carbons (Fsp3) is 0.643. The highest BCUT2D eigenvalue weighted by Crippen LogP contribution is 2.13. The standard InChI is InChI=1S/C14H22N4O/c1-11(2)15-13-8-7-12(16-17-13)14(19)18-9-5-3-4-6-10-18/h7-8,11H,3-6,9-10H2,1-2H3,(H,15,17). The molecule has 0 bridgehead atoms. The zero-order valence-electron chi connectivity index (χ0n) is 11.7. The predicted molar refractivity (Wildman–Crippen MR) is 75.2 cm³/mol. The van der Waals surface area contributed by atoms with Crippen molar-refractivity contribution in [1.29, 1.82) is 0 Å². The molecule has 1 saturated heterocycles. The van der Waals surface area contributed by atoms with Gasteiger partial charge in [-0.25, -0.2) is 0 Å². The molecule has 0 unspecified atom stereocenters. The zero-order valence-corrected chi connectivity index (χ0v) is 11.7. The molecule has 1 aliphatic rings. The molecule has 1 fully saturated rings. The van der Waals surface area contributed by atoms with Crippen LogP contribution in [0.5, 0.6) is 0 Å². The number of amides is 1. The Hall–Kier alpha value is -1.65. The fourth-order valence-electron chi connectivity index (χ4n) is 2.25. The Kier molecular flexibility index (Phi) is 4.71. The van der Waals surface area contributed by atoms with E-state index in [9.17, 15) is 4.79 Å². The summed E-state index contributed by atoms with van der Waals surface area (Å²) in [5.41, 5.74) is 0.441. The van der Waals surface area contributed by atoms with Crippen LogP contribution in [-0.2, 0) is 0 Å². The van der Waals surface area contributed by atoms with E-state index in [2.05, 4.69) is 15.5 Å². The van der Waals surface area contributed by atoms with Gasteiger partial charge in [-0.05, 0) is 38.8 Å². The highest BCUT2D eigenvalue weighted by atomic mass is 16.2. The molecule has 0 spiro atoms. The lowest BCUT2D eigenvalue weighted by molar-refractivity contribution is 0.0754. The lowest BCUT2D eigenvalue weighted by Gasteiger charge is -2.19. The number of carbonyl (C=O) groups excluding carboxylic acids is 1. The number of likely N-dealkylation sites (tertiary alicyclic amines) is 1. The molecular weight excluding hydrogens is 240 g/mol. The largest absolute Gasteiger partial charge is 0.366 e. The monoisotopic (exact) mass is 262 g/mol. The van der Waals surface area contributed by atoms with Gasteiger partial charge >= 0.3 is 0 Å². The maximum atomic E-state index is 12.3. The zero-order chi connectivity index (χ0) is 13.7. The van der Waals surface area contributed by atoms with Gasteiger partial charge in [0, 0.05) is 19.1 Å². The fourth-order valence-corrected chi connectivity index (χ4v) is 2.25. The first-order chi connectivity index (χ1) is 9.16. The van der Waals surface area contributed by atoms with E-state index in [1.165, 1.54) is 12.8 Å². The molecule has 1 aromatic heterocycles. The van der Waals surface area contributed by atoms with E-state index in [0.717, 1.165) is 25.9 Å². The lowest BCUT2D eigenvalue weighted by Crippen LogP contribution is -2.32. The first-order valence-corrected chi connectivity index (χ1v) is 7.06. The van der Waals surface area contributed by atoms with Gasteiger partial charge in [0.15, 0.2) is 5.69 Å². The molecule has 1 aromatic rings. The summed E-state index contributed by atoms with van der Waals surface area (Å²) >= 11 is 0. The van der Waals surface area contributed by atoms with Crippen LogP contribution in [0.25, 0.3) is 0 Å². The molecule has 2 rings (SSSR count). The molecule has 0 radical (unpaired) electrons. The van der Waals surface area contributed by atoms with Gasteiger partial charge in [-0.1, -0.05) is 12.8 Å². The molecule has 2 heterocycles. The summed E-state index contributed by atoms with van der Waals surface area (Å²) in [6.45, 7) is 5.76. The minimum absolute atomic E-state index is 0.00509. The summed E-state index contributed by atoms with van der Waals surface area (Å²) in [7, 11) is 0. The quantitative estimate of drug-likeness (QED) is 0.908. The minimum Gasteiger partial charge on any atom is -0.366 e. The third kappa shape index (κ3) is 3.91. The topological polar surface area (TPSA) is 58.1 Å². The van der Waals surface area contributed by atoms with Gasteiger partial charge in [-0.3, -0.25) is 4.79 Å². The Balaban J connectivity index is 2.02. The third-order valence-electron chi connectivity index (χ3n) is 3.21. The highest BCUT2D eigenvalue weighted by Gasteiger charge is 2.18. The summed E-state index contributed by atoms with van der Waals surface area (Å²) in [4.78, 5) is 14.2. The molecule has 5 heteroatoms. The second-order valence-corrected chi connectivity index (χ2v) is 5.31. The molecule has 19 heavy (non-hydrogen) atoms. The van der Waals surface area contributed by atoms with Gasteiger partial charge in [-0.15, -0.1) is 10.2 Å². The van der Waals surface area contributed by atoms with E-state index in [-0.39, 0.29) is 5.91 Å². The van der Waals surface area contributed by atoms with Gasteiger partial charge < -0.3 is 10.2 Å². The minimum atomic E-state index is 0.00509. The van der Waals surface area contributed by atoms with E-state index in [4.69, 9.17) is 0 Å². The Morgan fingerprint density at radius 1 is 1.16 bits per heavy atom. The van der Waals surface area contributed by atoms with Crippen LogP contribution in [-0.4, -0.2) is 40.1 Å². The van der Waals surface area contributed by atoms with Crippen molar-refractivity contribution in [3.8, 4) is 0 Å². The molecule has 0 aromatic carbocycles. The number of hydrogen-bond acceptors (Lipinski definition) is 4. The first kappa shape index (κ1) is 13.8. The number of anilines is 1. The number of rotatable bonds is 3. The second kappa shape index (κ2) is 6.50. The average Bonchev–Trinajstić information content (AvgIpc) is 2.67. The van der Waals surface area contributed by atoms with Crippen molar-refractivity contribution in [2.45, 2.75) is 45.6 Å². The molecule has 0 atom stereocenters. The molecule has 1 amide bonds. The SMILES string of the molecule is CC(C)Nc1ccc(C(=O)N2CCCCCC2)nn1. The number of aromatic nitrogens is 2. The van der Waals surface area contributed by atoms with E-state index >= 15 is 0 Å². The lowest BCUT2D eigenvalue weighted by atomic mass is 10.2. The molecule has 0 saturated carbocycles. The van der Waals surface area contributed by atoms with E-state index in [0.29, 0.717) is 17.6 Å². The Morgan fingerprint density at radius 2 is 1.84 bits per heavy atom. The Bertz CT molecular complexity index is 408. The predicted octanol–water partition coefficient (Wildman–Crippen LogP) is 2.31. The second-order valence-electron chi connectivity index (χ2n) is 5.31. The number of hydrogen-bond donors (Lipinski definition) is 1. The van der Waals surface area contributed by atoms with Crippen molar-refractivity contribution >= 4 is 11.7 Å². The summed E-state index contributed by atoms with van der Waals surface area (Å²) < 4.78 is 0. The molecule has 5 nitrogen and oxygen atoms in total. The Labute approximate surface area is 114 Å². The Morgan fingerprint density at radius 3 is 2.37 bits per heavy atom. The van der Waals surface area contributed by atoms with Gasteiger partial charge in [0.25, 0.3) is 5.91 Å². The summed E-state index contributed by atoms with van der Waals surface area (Å²) in [6.07, 6.45) is 4.61. The van der Waals surface area contributed by atoms with Gasteiger partial charge in [-0.2, -0.15) is 0 Å². The van der Waals surface area contributed by atoms with Crippen molar-refractivity contribution < 1.29 is 4.79 Å². The van der Waals surface area contributed by atoms with Crippen molar-refractivity contribution in [3.05, 3.63) is 17.8 Å². The van der Waals surface area contributed by atoms with Crippen LogP contribution >= 0.6 is 0 Å². The molecule has 0 aliphatic carbocycles. The number of carbonyl (C=O) groups is 1. The van der Waals surface area contributed by atoms with Crippen LogP contribution in [0.3, 0.4) is 0 Å². The molecule has 104 valence electrons. The van der Waals surface area contributed by atoms with Crippen molar-refractivity contribution in [1.82, 2.24) is 15.1 Å². The molecule has 1 N–H and O–H groups in total. The third-order valence-corrected chi connectivity index (χ3v) is 3.21. The van der Waals surface area contributed by atoms with Gasteiger partial charge in [0.05, 0.1) is 0 Å². The number of nitrogens with zero attached hydrogens (tertiary/aromatic N) is 3. The molecule has 1 aliphatic heterocycles. The van der Waals surface area contributed by atoms with E-state index < -0.39 is 0 Å². The average molecular weight is 262 g/mol. The summed E-state index contributed by atoms with van der Waals surface area (Å²) in [5, 5.41) is 11.2.